The topological polar surface area (TPSA) is 46.9 Å². The molecular formula is C10H15N3O. The first kappa shape index (κ1) is 9.24. The number of aromatic nitrogens is 2. The third-order valence-electron chi connectivity index (χ3n) is 2.66. The predicted molar refractivity (Wildman–Crippen MR) is 52.9 cm³/mol. The van der Waals surface area contributed by atoms with Gasteiger partial charge in [-0.3, -0.25) is 9.48 Å². The standard InChI is InChI=1S/C10H15N3O/c1-13-7-8(6-11-13)10(14)12-9-4-2-3-5-9/h6-7,9H,2-5H2,1H3,(H,12,14). The van der Waals surface area contributed by atoms with E-state index < -0.39 is 0 Å². The van der Waals surface area contributed by atoms with Gasteiger partial charge in [0.15, 0.2) is 0 Å². The second-order valence-corrected chi connectivity index (χ2v) is 3.86. The van der Waals surface area contributed by atoms with Gasteiger partial charge in [0.2, 0.25) is 0 Å². The molecule has 1 aliphatic rings. The summed E-state index contributed by atoms with van der Waals surface area (Å²) in [5, 5.41) is 6.98. The van der Waals surface area contributed by atoms with Crippen molar-refractivity contribution in [3.05, 3.63) is 18.0 Å². The summed E-state index contributed by atoms with van der Waals surface area (Å²) in [6, 6.07) is 0.378. The molecule has 0 unspecified atom stereocenters. The van der Waals surface area contributed by atoms with Crippen LogP contribution in [-0.4, -0.2) is 21.7 Å². The first-order chi connectivity index (χ1) is 6.75. The van der Waals surface area contributed by atoms with Crippen molar-refractivity contribution < 1.29 is 4.79 Å². The zero-order valence-electron chi connectivity index (χ0n) is 8.36. The monoisotopic (exact) mass is 193 g/mol. The molecule has 0 radical (unpaired) electrons. The van der Waals surface area contributed by atoms with Gasteiger partial charge in [-0.05, 0) is 12.8 Å². The van der Waals surface area contributed by atoms with Crippen molar-refractivity contribution in [1.82, 2.24) is 15.1 Å². The predicted octanol–water partition coefficient (Wildman–Crippen LogP) is 1.09. The van der Waals surface area contributed by atoms with Crippen LogP contribution in [0.1, 0.15) is 36.0 Å². The van der Waals surface area contributed by atoms with Crippen LogP contribution < -0.4 is 5.32 Å². The lowest BCUT2D eigenvalue weighted by molar-refractivity contribution is 0.0938. The first-order valence-corrected chi connectivity index (χ1v) is 5.05. The Balaban J connectivity index is 1.95. The van der Waals surface area contributed by atoms with Crippen LogP contribution in [0, 0.1) is 0 Å². The van der Waals surface area contributed by atoms with Crippen molar-refractivity contribution >= 4 is 5.91 Å². The molecule has 4 heteroatoms. The molecular weight excluding hydrogens is 178 g/mol. The average Bonchev–Trinajstić information content (AvgIpc) is 2.75. The quantitative estimate of drug-likeness (QED) is 0.764. The fraction of sp³-hybridized carbons (Fsp3) is 0.600. The van der Waals surface area contributed by atoms with E-state index >= 15 is 0 Å². The molecule has 1 amide bonds. The molecule has 0 saturated heterocycles. The van der Waals surface area contributed by atoms with E-state index in [0.29, 0.717) is 11.6 Å². The van der Waals surface area contributed by atoms with Crippen LogP contribution in [0.15, 0.2) is 12.4 Å². The zero-order valence-corrected chi connectivity index (χ0v) is 8.36. The number of hydrogen-bond donors (Lipinski definition) is 1. The van der Waals surface area contributed by atoms with E-state index in [1.165, 1.54) is 12.8 Å². The highest BCUT2D eigenvalue weighted by Gasteiger charge is 2.18. The Labute approximate surface area is 83.3 Å². The molecule has 1 fully saturated rings. The second-order valence-electron chi connectivity index (χ2n) is 3.86. The summed E-state index contributed by atoms with van der Waals surface area (Å²) >= 11 is 0. The lowest BCUT2D eigenvalue weighted by atomic mass is 10.2. The largest absolute Gasteiger partial charge is 0.349 e. The van der Waals surface area contributed by atoms with Gasteiger partial charge in [0.1, 0.15) is 0 Å². The molecule has 0 atom stereocenters. The van der Waals surface area contributed by atoms with Crippen LogP contribution in [0.2, 0.25) is 0 Å². The summed E-state index contributed by atoms with van der Waals surface area (Å²) in [7, 11) is 1.81. The minimum Gasteiger partial charge on any atom is -0.349 e. The van der Waals surface area contributed by atoms with Crippen molar-refractivity contribution in [2.24, 2.45) is 7.05 Å². The third kappa shape index (κ3) is 1.95. The summed E-state index contributed by atoms with van der Waals surface area (Å²) in [6.07, 6.45) is 8.04. The molecule has 0 spiro atoms. The molecule has 14 heavy (non-hydrogen) atoms. The van der Waals surface area contributed by atoms with Crippen molar-refractivity contribution in [3.8, 4) is 0 Å². The summed E-state index contributed by atoms with van der Waals surface area (Å²) < 4.78 is 1.64. The number of hydrogen-bond acceptors (Lipinski definition) is 2. The molecule has 4 nitrogen and oxygen atoms in total. The zero-order chi connectivity index (χ0) is 9.97. The highest BCUT2D eigenvalue weighted by atomic mass is 16.1. The van der Waals surface area contributed by atoms with E-state index in [4.69, 9.17) is 0 Å². The van der Waals surface area contributed by atoms with Gasteiger partial charge in [-0.15, -0.1) is 0 Å². The Hall–Kier alpha value is -1.32. The molecule has 1 aromatic heterocycles. The second kappa shape index (κ2) is 3.82. The van der Waals surface area contributed by atoms with Gasteiger partial charge >= 0.3 is 0 Å². The molecule has 1 N–H and O–H groups in total. The Morgan fingerprint density at radius 3 is 2.86 bits per heavy atom. The molecule has 0 aromatic carbocycles. The van der Waals surface area contributed by atoms with E-state index in [1.54, 1.807) is 17.1 Å². The summed E-state index contributed by atoms with van der Waals surface area (Å²) in [5.74, 6) is 0.00463. The number of nitrogens with zero attached hydrogens (tertiary/aromatic N) is 2. The number of carbonyl (C=O) groups excluding carboxylic acids is 1. The van der Waals surface area contributed by atoms with Crippen LogP contribution in [0.3, 0.4) is 0 Å². The number of aryl methyl sites for hydroxylation is 1. The maximum atomic E-state index is 11.6. The van der Waals surface area contributed by atoms with Gasteiger partial charge in [-0.2, -0.15) is 5.10 Å². The van der Waals surface area contributed by atoms with E-state index in [2.05, 4.69) is 10.4 Å². The average molecular weight is 193 g/mol. The van der Waals surface area contributed by atoms with E-state index in [9.17, 15) is 4.79 Å². The molecule has 1 aromatic rings. The Morgan fingerprint density at radius 2 is 2.29 bits per heavy atom. The smallest absolute Gasteiger partial charge is 0.254 e. The lowest BCUT2D eigenvalue weighted by Crippen LogP contribution is -2.32. The molecule has 76 valence electrons. The summed E-state index contributed by atoms with van der Waals surface area (Å²) in [5.41, 5.74) is 0.652. The fourth-order valence-corrected chi connectivity index (χ4v) is 1.88. The molecule has 0 bridgehead atoms. The maximum Gasteiger partial charge on any atom is 0.254 e. The third-order valence-corrected chi connectivity index (χ3v) is 2.66. The van der Waals surface area contributed by atoms with Gasteiger partial charge in [0, 0.05) is 19.3 Å². The van der Waals surface area contributed by atoms with Crippen molar-refractivity contribution in [3.63, 3.8) is 0 Å². The highest BCUT2D eigenvalue weighted by molar-refractivity contribution is 5.93. The van der Waals surface area contributed by atoms with E-state index in [1.807, 2.05) is 7.05 Å². The number of amides is 1. The first-order valence-electron chi connectivity index (χ1n) is 5.05. The van der Waals surface area contributed by atoms with Crippen LogP contribution in [0.25, 0.3) is 0 Å². The van der Waals surface area contributed by atoms with Gasteiger partial charge < -0.3 is 5.32 Å². The lowest BCUT2D eigenvalue weighted by Gasteiger charge is -2.10. The van der Waals surface area contributed by atoms with Crippen LogP contribution in [0.4, 0.5) is 0 Å². The minimum atomic E-state index is 0.00463. The molecule has 1 saturated carbocycles. The normalized spacial score (nSPS) is 17.2. The molecule has 1 heterocycles. The van der Waals surface area contributed by atoms with Crippen LogP contribution in [-0.2, 0) is 7.05 Å². The summed E-state index contributed by atoms with van der Waals surface area (Å²) in [4.78, 5) is 11.6. The van der Waals surface area contributed by atoms with Crippen LogP contribution in [0.5, 0.6) is 0 Å². The molecule has 2 rings (SSSR count). The number of rotatable bonds is 2. The van der Waals surface area contributed by atoms with E-state index in [0.717, 1.165) is 12.8 Å². The van der Waals surface area contributed by atoms with Gasteiger partial charge in [-0.25, -0.2) is 0 Å². The molecule has 0 aliphatic heterocycles. The van der Waals surface area contributed by atoms with Crippen molar-refractivity contribution in [2.75, 3.05) is 0 Å². The Bertz CT molecular complexity index is 326. The van der Waals surface area contributed by atoms with Gasteiger partial charge in [0.05, 0.1) is 11.8 Å². The Morgan fingerprint density at radius 1 is 1.57 bits per heavy atom. The number of carbonyl (C=O) groups is 1. The van der Waals surface area contributed by atoms with E-state index in [-0.39, 0.29) is 5.91 Å². The van der Waals surface area contributed by atoms with Crippen molar-refractivity contribution in [2.45, 2.75) is 31.7 Å². The van der Waals surface area contributed by atoms with Crippen molar-refractivity contribution in [1.29, 1.82) is 0 Å². The fourth-order valence-electron chi connectivity index (χ4n) is 1.88. The summed E-state index contributed by atoms with van der Waals surface area (Å²) in [6.45, 7) is 0. The van der Waals surface area contributed by atoms with Gasteiger partial charge in [-0.1, -0.05) is 12.8 Å². The number of nitrogens with one attached hydrogen (secondary N) is 1. The minimum absolute atomic E-state index is 0.00463. The molecule has 1 aliphatic carbocycles. The maximum absolute atomic E-state index is 11.6. The SMILES string of the molecule is Cn1cc(C(=O)NC2CCCC2)cn1. The Kier molecular flexibility index (Phi) is 2.52. The van der Waals surface area contributed by atoms with Crippen LogP contribution >= 0.6 is 0 Å². The van der Waals surface area contributed by atoms with Gasteiger partial charge in [0.25, 0.3) is 5.91 Å². The highest BCUT2D eigenvalue weighted by Crippen LogP contribution is 2.17.